The van der Waals surface area contributed by atoms with Crippen LogP contribution in [0.5, 0.6) is 5.75 Å². The van der Waals surface area contributed by atoms with Gasteiger partial charge in [-0.2, -0.15) is 0 Å². The molecule has 0 N–H and O–H groups in total. The minimum absolute atomic E-state index is 0.111. The lowest BCUT2D eigenvalue weighted by molar-refractivity contribution is 0.0710. The molecule has 130 valence electrons. The lowest BCUT2D eigenvalue weighted by Crippen LogP contribution is -2.31. The topological polar surface area (TPSA) is 55.6 Å². The van der Waals surface area contributed by atoms with Crippen LogP contribution in [0.1, 0.15) is 35.2 Å². The molecule has 0 aliphatic rings. The zero-order valence-electron chi connectivity index (χ0n) is 14.8. The van der Waals surface area contributed by atoms with Crippen molar-refractivity contribution in [1.29, 1.82) is 0 Å². The van der Waals surface area contributed by atoms with Crippen LogP contribution in [0.25, 0.3) is 11.0 Å². The van der Waals surface area contributed by atoms with Crippen molar-refractivity contribution in [2.24, 2.45) is 0 Å². The molecular weight excluding hydrogens is 316 g/mol. The van der Waals surface area contributed by atoms with Gasteiger partial charge in [0.2, 0.25) is 0 Å². The van der Waals surface area contributed by atoms with Crippen molar-refractivity contribution < 1.29 is 13.9 Å². The van der Waals surface area contributed by atoms with Crippen molar-refractivity contribution in [3.63, 3.8) is 0 Å². The summed E-state index contributed by atoms with van der Waals surface area (Å²) in [5, 5.41) is 0.929. The van der Waals surface area contributed by atoms with Crippen LogP contribution in [-0.2, 0) is 6.54 Å². The standard InChI is InChI=1S/C20H22N2O3/c1-4-11-22(13-15-7-5-6-10-21-15)20(23)19-14(2)17-9-8-16(24-3)12-18(17)25-19/h5-10,12H,4,11,13H2,1-3H3. The Morgan fingerprint density at radius 1 is 1.28 bits per heavy atom. The van der Waals surface area contributed by atoms with Crippen molar-refractivity contribution in [3.8, 4) is 5.75 Å². The fourth-order valence-electron chi connectivity index (χ4n) is 2.89. The lowest BCUT2D eigenvalue weighted by atomic mass is 10.1. The van der Waals surface area contributed by atoms with Gasteiger partial charge in [-0.05, 0) is 37.6 Å². The normalized spacial score (nSPS) is 10.8. The molecular formula is C20H22N2O3. The third-order valence-electron chi connectivity index (χ3n) is 4.20. The first-order valence-corrected chi connectivity index (χ1v) is 8.40. The molecule has 2 heterocycles. The number of fused-ring (bicyclic) bond motifs is 1. The summed E-state index contributed by atoms with van der Waals surface area (Å²) in [7, 11) is 1.61. The van der Waals surface area contributed by atoms with E-state index in [1.54, 1.807) is 18.2 Å². The molecule has 2 aromatic heterocycles. The number of aromatic nitrogens is 1. The van der Waals surface area contributed by atoms with Crippen molar-refractivity contribution >= 4 is 16.9 Å². The minimum atomic E-state index is -0.111. The average molecular weight is 338 g/mol. The smallest absolute Gasteiger partial charge is 0.290 e. The Balaban J connectivity index is 1.93. The SMILES string of the molecule is CCCN(Cc1ccccn1)C(=O)c1oc2cc(OC)ccc2c1C. The number of amides is 1. The Morgan fingerprint density at radius 3 is 2.80 bits per heavy atom. The average Bonchev–Trinajstić information content (AvgIpc) is 2.97. The third-order valence-corrected chi connectivity index (χ3v) is 4.20. The van der Waals surface area contributed by atoms with Crippen LogP contribution in [0.15, 0.2) is 47.0 Å². The molecule has 0 saturated carbocycles. The zero-order valence-corrected chi connectivity index (χ0v) is 14.8. The lowest BCUT2D eigenvalue weighted by Gasteiger charge is -2.21. The van der Waals surface area contributed by atoms with Gasteiger partial charge in [-0.1, -0.05) is 13.0 Å². The van der Waals surface area contributed by atoms with Crippen LogP contribution in [0.3, 0.4) is 0 Å². The van der Waals surface area contributed by atoms with Gasteiger partial charge in [-0.25, -0.2) is 0 Å². The molecule has 0 fully saturated rings. The summed E-state index contributed by atoms with van der Waals surface area (Å²) in [5.41, 5.74) is 2.37. The first-order valence-electron chi connectivity index (χ1n) is 8.40. The van der Waals surface area contributed by atoms with E-state index in [0.29, 0.717) is 30.2 Å². The van der Waals surface area contributed by atoms with Gasteiger partial charge < -0.3 is 14.1 Å². The van der Waals surface area contributed by atoms with E-state index in [1.807, 2.05) is 43.3 Å². The second kappa shape index (κ2) is 7.38. The summed E-state index contributed by atoms with van der Waals surface area (Å²) >= 11 is 0. The number of carbonyl (C=O) groups is 1. The Bertz CT molecular complexity index is 871. The quantitative estimate of drug-likeness (QED) is 0.676. The molecule has 5 nitrogen and oxygen atoms in total. The highest BCUT2D eigenvalue weighted by Crippen LogP contribution is 2.29. The van der Waals surface area contributed by atoms with Gasteiger partial charge in [-0.3, -0.25) is 9.78 Å². The predicted octanol–water partition coefficient (Wildman–Crippen LogP) is 4.20. The Morgan fingerprint density at radius 2 is 2.12 bits per heavy atom. The van der Waals surface area contributed by atoms with E-state index < -0.39 is 0 Å². The Kier molecular flexibility index (Phi) is 5.03. The molecule has 0 unspecified atom stereocenters. The summed E-state index contributed by atoms with van der Waals surface area (Å²) in [6.45, 7) is 5.08. The molecule has 0 radical (unpaired) electrons. The molecule has 0 aliphatic heterocycles. The second-order valence-electron chi connectivity index (χ2n) is 5.97. The fraction of sp³-hybridized carbons (Fsp3) is 0.300. The number of hydrogen-bond acceptors (Lipinski definition) is 4. The molecule has 0 atom stereocenters. The Hall–Kier alpha value is -2.82. The molecule has 0 spiro atoms. The number of nitrogens with zero attached hydrogens (tertiary/aromatic N) is 2. The van der Waals surface area contributed by atoms with Crippen LogP contribution in [0.2, 0.25) is 0 Å². The first-order chi connectivity index (χ1) is 12.1. The van der Waals surface area contributed by atoms with Gasteiger partial charge in [0.25, 0.3) is 5.91 Å². The molecule has 0 aliphatic carbocycles. The molecule has 1 aromatic carbocycles. The summed E-state index contributed by atoms with van der Waals surface area (Å²) in [5.74, 6) is 0.979. The first kappa shape index (κ1) is 17.0. The summed E-state index contributed by atoms with van der Waals surface area (Å²) < 4.78 is 11.1. The van der Waals surface area contributed by atoms with Crippen LogP contribution in [0, 0.1) is 6.92 Å². The second-order valence-corrected chi connectivity index (χ2v) is 5.97. The molecule has 5 heteroatoms. The van der Waals surface area contributed by atoms with Crippen molar-refractivity contribution in [2.75, 3.05) is 13.7 Å². The fourth-order valence-corrected chi connectivity index (χ4v) is 2.89. The minimum Gasteiger partial charge on any atom is -0.497 e. The van der Waals surface area contributed by atoms with E-state index >= 15 is 0 Å². The number of aryl methyl sites for hydroxylation is 1. The van der Waals surface area contributed by atoms with E-state index in [1.165, 1.54) is 0 Å². The highest BCUT2D eigenvalue weighted by Gasteiger charge is 2.23. The van der Waals surface area contributed by atoms with E-state index in [2.05, 4.69) is 11.9 Å². The summed E-state index contributed by atoms with van der Waals surface area (Å²) in [6.07, 6.45) is 2.61. The molecule has 3 rings (SSSR count). The van der Waals surface area contributed by atoms with Crippen molar-refractivity contribution in [2.45, 2.75) is 26.8 Å². The van der Waals surface area contributed by atoms with Crippen LogP contribution in [-0.4, -0.2) is 29.4 Å². The van der Waals surface area contributed by atoms with Crippen molar-refractivity contribution in [3.05, 3.63) is 59.6 Å². The third kappa shape index (κ3) is 3.50. The van der Waals surface area contributed by atoms with E-state index in [-0.39, 0.29) is 5.91 Å². The summed E-state index contributed by atoms with van der Waals surface area (Å²) in [4.78, 5) is 19.2. The Labute approximate surface area is 147 Å². The number of ether oxygens (including phenoxy) is 1. The highest BCUT2D eigenvalue weighted by atomic mass is 16.5. The molecule has 1 amide bonds. The number of rotatable bonds is 6. The number of carbonyl (C=O) groups excluding carboxylic acids is 1. The van der Waals surface area contributed by atoms with E-state index in [0.717, 1.165) is 23.1 Å². The largest absolute Gasteiger partial charge is 0.497 e. The molecule has 3 aromatic rings. The molecule has 0 bridgehead atoms. The number of furan rings is 1. The van der Waals surface area contributed by atoms with Gasteiger partial charge in [-0.15, -0.1) is 0 Å². The van der Waals surface area contributed by atoms with E-state index in [9.17, 15) is 4.79 Å². The van der Waals surface area contributed by atoms with Gasteiger partial charge in [0.05, 0.1) is 19.3 Å². The number of hydrogen-bond donors (Lipinski definition) is 0. The molecule has 0 saturated heterocycles. The van der Waals surface area contributed by atoms with Crippen molar-refractivity contribution in [1.82, 2.24) is 9.88 Å². The van der Waals surface area contributed by atoms with E-state index in [4.69, 9.17) is 9.15 Å². The predicted molar refractivity (Wildman–Crippen MR) is 96.8 cm³/mol. The summed E-state index contributed by atoms with van der Waals surface area (Å²) in [6, 6.07) is 11.3. The van der Waals surface area contributed by atoms with Gasteiger partial charge in [0.15, 0.2) is 5.76 Å². The van der Waals surface area contributed by atoms with Gasteiger partial charge >= 0.3 is 0 Å². The van der Waals surface area contributed by atoms with Crippen LogP contribution in [0.4, 0.5) is 0 Å². The van der Waals surface area contributed by atoms with Crippen LogP contribution >= 0.6 is 0 Å². The zero-order chi connectivity index (χ0) is 17.8. The van der Waals surface area contributed by atoms with Crippen LogP contribution < -0.4 is 4.74 Å². The van der Waals surface area contributed by atoms with Gasteiger partial charge in [0, 0.05) is 29.8 Å². The maximum Gasteiger partial charge on any atom is 0.290 e. The maximum atomic E-state index is 13.1. The monoisotopic (exact) mass is 338 g/mol. The number of methoxy groups -OCH3 is 1. The maximum absolute atomic E-state index is 13.1. The number of benzene rings is 1. The number of pyridine rings is 1. The highest BCUT2D eigenvalue weighted by molar-refractivity contribution is 5.99. The molecule has 25 heavy (non-hydrogen) atoms. The van der Waals surface area contributed by atoms with Gasteiger partial charge in [0.1, 0.15) is 11.3 Å².